The number of rotatable bonds is 3. The lowest BCUT2D eigenvalue weighted by Crippen LogP contribution is -2.03. The summed E-state index contributed by atoms with van der Waals surface area (Å²) in [6, 6.07) is 5.64. The predicted octanol–water partition coefficient (Wildman–Crippen LogP) is 4.56. The van der Waals surface area contributed by atoms with Gasteiger partial charge < -0.3 is 4.57 Å². The lowest BCUT2D eigenvalue weighted by Gasteiger charge is -2.11. The van der Waals surface area contributed by atoms with Crippen LogP contribution in [0.25, 0.3) is 10.9 Å². The summed E-state index contributed by atoms with van der Waals surface area (Å²) < 4.78 is 16.0. The van der Waals surface area contributed by atoms with Crippen molar-refractivity contribution in [3.63, 3.8) is 0 Å². The predicted molar refractivity (Wildman–Crippen MR) is 70.8 cm³/mol. The fourth-order valence-corrected chi connectivity index (χ4v) is 2.22. The van der Waals surface area contributed by atoms with E-state index in [0.717, 1.165) is 23.0 Å². The Kier molecular flexibility index (Phi) is 3.23. The van der Waals surface area contributed by atoms with Gasteiger partial charge in [-0.3, -0.25) is 0 Å². The normalized spacial score (nSPS) is 11.9. The maximum absolute atomic E-state index is 13.8. The molecular formula is C15H20FN. The van der Waals surface area contributed by atoms with Gasteiger partial charge in [-0.05, 0) is 35.6 Å². The first-order chi connectivity index (χ1) is 7.99. The number of benzene rings is 1. The molecule has 1 heterocycles. The van der Waals surface area contributed by atoms with E-state index < -0.39 is 0 Å². The van der Waals surface area contributed by atoms with Crippen molar-refractivity contribution in [1.82, 2.24) is 4.57 Å². The zero-order chi connectivity index (χ0) is 12.6. The summed E-state index contributed by atoms with van der Waals surface area (Å²) in [7, 11) is 0. The minimum absolute atomic E-state index is 0.0882. The second kappa shape index (κ2) is 4.52. The molecule has 0 atom stereocenters. The quantitative estimate of drug-likeness (QED) is 0.732. The summed E-state index contributed by atoms with van der Waals surface area (Å²) in [5.74, 6) is 0.731. The van der Waals surface area contributed by atoms with Gasteiger partial charge in [0.2, 0.25) is 0 Å². The topological polar surface area (TPSA) is 4.93 Å². The van der Waals surface area contributed by atoms with E-state index in [0.29, 0.717) is 5.92 Å². The van der Waals surface area contributed by atoms with Gasteiger partial charge in [0.1, 0.15) is 5.82 Å². The summed E-state index contributed by atoms with van der Waals surface area (Å²) in [6.07, 6.45) is 2.05. The summed E-state index contributed by atoms with van der Waals surface area (Å²) >= 11 is 0. The van der Waals surface area contributed by atoms with Crippen LogP contribution in [0.5, 0.6) is 0 Å². The molecule has 1 aromatic carbocycles. The average Bonchev–Trinajstić information content (AvgIpc) is 2.58. The summed E-state index contributed by atoms with van der Waals surface area (Å²) in [5, 5.41) is 0.993. The Morgan fingerprint density at radius 2 is 1.88 bits per heavy atom. The maximum atomic E-state index is 13.8. The van der Waals surface area contributed by atoms with Gasteiger partial charge in [-0.2, -0.15) is 0 Å². The number of hydrogen-bond donors (Lipinski definition) is 0. The number of hydrogen-bond acceptors (Lipinski definition) is 0. The number of halogens is 1. The van der Waals surface area contributed by atoms with Crippen molar-refractivity contribution in [3.8, 4) is 0 Å². The second-order valence-electron chi connectivity index (χ2n) is 5.45. The van der Waals surface area contributed by atoms with E-state index in [-0.39, 0.29) is 11.7 Å². The van der Waals surface area contributed by atoms with Crippen molar-refractivity contribution in [2.24, 2.45) is 5.92 Å². The second-order valence-corrected chi connectivity index (χ2v) is 5.45. The molecule has 0 aliphatic carbocycles. The van der Waals surface area contributed by atoms with Gasteiger partial charge in [0, 0.05) is 23.6 Å². The summed E-state index contributed by atoms with van der Waals surface area (Å²) in [6.45, 7) is 9.42. The fraction of sp³-hybridized carbons (Fsp3) is 0.467. The molecule has 0 fully saturated rings. The molecule has 0 spiro atoms. The highest BCUT2D eigenvalue weighted by Crippen LogP contribution is 2.26. The Labute approximate surface area is 102 Å². The molecule has 0 aliphatic rings. The summed E-state index contributed by atoms with van der Waals surface area (Å²) in [5.41, 5.74) is 1.95. The van der Waals surface area contributed by atoms with Crippen LogP contribution in [0.4, 0.5) is 4.39 Å². The molecule has 0 amide bonds. The highest BCUT2D eigenvalue weighted by atomic mass is 19.1. The molecule has 1 nitrogen and oxygen atoms in total. The van der Waals surface area contributed by atoms with Crippen molar-refractivity contribution in [1.29, 1.82) is 0 Å². The van der Waals surface area contributed by atoms with Crippen LogP contribution in [0.2, 0.25) is 0 Å². The van der Waals surface area contributed by atoms with Crippen molar-refractivity contribution in [2.45, 2.75) is 40.2 Å². The van der Waals surface area contributed by atoms with E-state index in [2.05, 4.69) is 18.4 Å². The van der Waals surface area contributed by atoms with Crippen LogP contribution in [0.3, 0.4) is 0 Å². The lowest BCUT2D eigenvalue weighted by molar-refractivity contribution is 0.535. The van der Waals surface area contributed by atoms with Crippen molar-refractivity contribution < 1.29 is 4.39 Å². The van der Waals surface area contributed by atoms with Crippen LogP contribution in [0.1, 0.15) is 39.2 Å². The van der Waals surface area contributed by atoms with Gasteiger partial charge in [-0.25, -0.2) is 4.39 Å². The first kappa shape index (κ1) is 12.2. The van der Waals surface area contributed by atoms with Gasteiger partial charge in [0.25, 0.3) is 0 Å². The molecular weight excluding hydrogens is 213 g/mol. The molecule has 0 radical (unpaired) electrons. The molecule has 0 saturated heterocycles. The third-order valence-corrected chi connectivity index (χ3v) is 3.07. The van der Waals surface area contributed by atoms with Gasteiger partial charge in [-0.1, -0.05) is 27.7 Å². The molecule has 0 aliphatic heterocycles. The Hall–Kier alpha value is -1.31. The van der Waals surface area contributed by atoms with E-state index >= 15 is 0 Å². The molecule has 2 aromatic rings. The third-order valence-electron chi connectivity index (χ3n) is 3.07. The van der Waals surface area contributed by atoms with Crippen molar-refractivity contribution in [3.05, 3.63) is 35.8 Å². The average molecular weight is 233 g/mol. The zero-order valence-electron chi connectivity index (χ0n) is 11.0. The van der Waals surface area contributed by atoms with Crippen molar-refractivity contribution in [2.75, 3.05) is 0 Å². The monoisotopic (exact) mass is 233 g/mol. The summed E-state index contributed by atoms with van der Waals surface area (Å²) in [4.78, 5) is 0. The number of nitrogens with zero attached hydrogens (tertiary/aromatic N) is 1. The van der Waals surface area contributed by atoms with E-state index in [1.807, 2.05) is 32.2 Å². The van der Waals surface area contributed by atoms with Gasteiger partial charge in [0.15, 0.2) is 0 Å². The molecule has 0 bridgehead atoms. The van der Waals surface area contributed by atoms with E-state index in [1.54, 1.807) is 6.07 Å². The van der Waals surface area contributed by atoms with E-state index in [9.17, 15) is 4.39 Å². The van der Waals surface area contributed by atoms with E-state index in [4.69, 9.17) is 0 Å². The molecule has 1 aromatic heterocycles. The largest absolute Gasteiger partial charge is 0.347 e. The van der Waals surface area contributed by atoms with Crippen LogP contribution in [0.15, 0.2) is 24.4 Å². The number of aromatic nitrogens is 1. The Balaban J connectivity index is 2.55. The van der Waals surface area contributed by atoms with E-state index in [1.165, 1.54) is 0 Å². The SMILES string of the molecule is CC(C)Cn1ccc2cc(F)c(C(C)C)cc21. The fourth-order valence-electron chi connectivity index (χ4n) is 2.22. The molecule has 2 heteroatoms. The standard InChI is InChI=1S/C15H20FN/c1-10(2)9-17-6-5-12-7-14(16)13(11(3)4)8-15(12)17/h5-8,10-11H,9H2,1-4H3. The first-order valence-electron chi connectivity index (χ1n) is 6.27. The molecule has 2 rings (SSSR count). The lowest BCUT2D eigenvalue weighted by atomic mass is 10.0. The van der Waals surface area contributed by atoms with Crippen LogP contribution < -0.4 is 0 Å². The first-order valence-corrected chi connectivity index (χ1v) is 6.27. The van der Waals surface area contributed by atoms with Crippen LogP contribution in [0, 0.1) is 11.7 Å². The highest BCUT2D eigenvalue weighted by molar-refractivity contribution is 5.81. The van der Waals surface area contributed by atoms with Crippen LogP contribution >= 0.6 is 0 Å². The Morgan fingerprint density at radius 3 is 2.47 bits per heavy atom. The third kappa shape index (κ3) is 2.36. The molecule has 17 heavy (non-hydrogen) atoms. The minimum atomic E-state index is -0.0882. The zero-order valence-corrected chi connectivity index (χ0v) is 11.0. The molecule has 0 unspecified atom stereocenters. The Bertz CT molecular complexity index is 523. The van der Waals surface area contributed by atoms with Gasteiger partial charge in [-0.15, -0.1) is 0 Å². The van der Waals surface area contributed by atoms with Crippen LogP contribution in [-0.4, -0.2) is 4.57 Å². The molecule has 92 valence electrons. The smallest absolute Gasteiger partial charge is 0.127 e. The molecule has 0 saturated carbocycles. The van der Waals surface area contributed by atoms with Gasteiger partial charge >= 0.3 is 0 Å². The molecule has 0 N–H and O–H groups in total. The number of fused-ring (bicyclic) bond motifs is 1. The van der Waals surface area contributed by atoms with Gasteiger partial charge in [0.05, 0.1) is 0 Å². The van der Waals surface area contributed by atoms with Crippen molar-refractivity contribution >= 4 is 10.9 Å². The highest BCUT2D eigenvalue weighted by Gasteiger charge is 2.11. The maximum Gasteiger partial charge on any atom is 0.127 e. The minimum Gasteiger partial charge on any atom is -0.347 e. The Morgan fingerprint density at radius 1 is 1.18 bits per heavy atom. The van der Waals surface area contributed by atoms with Crippen LogP contribution in [-0.2, 0) is 6.54 Å².